The van der Waals surface area contributed by atoms with Gasteiger partial charge >= 0.3 is 0 Å². The fourth-order valence-electron chi connectivity index (χ4n) is 2.25. The van der Waals surface area contributed by atoms with E-state index in [-0.39, 0.29) is 0 Å². The first-order valence-electron chi connectivity index (χ1n) is 7.13. The van der Waals surface area contributed by atoms with E-state index in [9.17, 15) is 0 Å². The van der Waals surface area contributed by atoms with Gasteiger partial charge in [0.05, 0.1) is 12.8 Å². The van der Waals surface area contributed by atoms with Crippen molar-refractivity contribution in [3.05, 3.63) is 53.5 Å². The van der Waals surface area contributed by atoms with Crippen LogP contribution in [0.3, 0.4) is 0 Å². The molecule has 1 aromatic heterocycles. The minimum absolute atomic E-state index is 0.555. The maximum Gasteiger partial charge on any atom is 0.119 e. The predicted molar refractivity (Wildman–Crippen MR) is 81.2 cm³/mol. The lowest BCUT2D eigenvalue weighted by molar-refractivity contribution is 0.310. The van der Waals surface area contributed by atoms with Crippen LogP contribution >= 0.6 is 0 Å². The number of furan rings is 1. The molecule has 2 aromatic rings. The topological polar surface area (TPSA) is 34.4 Å². The summed E-state index contributed by atoms with van der Waals surface area (Å²) in [5.74, 6) is 2.44. The van der Waals surface area contributed by atoms with Gasteiger partial charge in [0.1, 0.15) is 18.1 Å². The molecule has 0 aliphatic heterocycles. The Kier molecular flexibility index (Phi) is 5.24. The predicted octanol–water partition coefficient (Wildman–Crippen LogP) is 3.88. The molecule has 0 amide bonds. The monoisotopic (exact) mass is 273 g/mol. The molecule has 1 heterocycles. The second kappa shape index (κ2) is 7.15. The smallest absolute Gasteiger partial charge is 0.119 e. The van der Waals surface area contributed by atoms with E-state index in [1.54, 1.807) is 6.26 Å². The highest BCUT2D eigenvalue weighted by atomic mass is 16.5. The lowest BCUT2D eigenvalue weighted by Gasteiger charge is -2.12. The van der Waals surface area contributed by atoms with Crippen molar-refractivity contribution in [3.8, 4) is 5.75 Å². The molecule has 0 aliphatic rings. The number of ether oxygens (including phenoxy) is 1. The average molecular weight is 273 g/mol. The van der Waals surface area contributed by atoms with E-state index in [1.807, 2.05) is 12.1 Å². The third-order valence-electron chi connectivity index (χ3n) is 3.29. The molecule has 0 aliphatic carbocycles. The summed E-state index contributed by atoms with van der Waals surface area (Å²) in [5, 5.41) is 3.28. The molecule has 2 rings (SSSR count). The molecule has 1 aromatic carbocycles. The van der Waals surface area contributed by atoms with Crippen molar-refractivity contribution in [2.24, 2.45) is 0 Å². The first-order chi connectivity index (χ1) is 9.66. The van der Waals surface area contributed by atoms with Crippen molar-refractivity contribution in [3.63, 3.8) is 0 Å². The quantitative estimate of drug-likeness (QED) is 0.777. The molecule has 108 valence electrons. The number of benzene rings is 1. The highest BCUT2D eigenvalue weighted by Crippen LogP contribution is 2.23. The minimum Gasteiger partial charge on any atom is -0.492 e. The van der Waals surface area contributed by atoms with Crippen LogP contribution in [0.4, 0.5) is 0 Å². The lowest BCUT2D eigenvalue weighted by atomic mass is 9.98. The maximum absolute atomic E-state index is 5.75. The molecule has 0 unspecified atom stereocenters. The molecule has 3 heteroatoms. The third kappa shape index (κ3) is 4.14. The van der Waals surface area contributed by atoms with Crippen molar-refractivity contribution in [1.82, 2.24) is 5.32 Å². The Morgan fingerprint density at radius 2 is 2.10 bits per heavy atom. The van der Waals surface area contributed by atoms with E-state index in [0.29, 0.717) is 12.5 Å². The van der Waals surface area contributed by atoms with Crippen LogP contribution in [0.15, 0.2) is 41.0 Å². The lowest BCUT2D eigenvalue weighted by Crippen LogP contribution is -2.20. The maximum atomic E-state index is 5.75. The van der Waals surface area contributed by atoms with Gasteiger partial charge in [-0.2, -0.15) is 0 Å². The molecule has 0 radical (unpaired) electrons. The van der Waals surface area contributed by atoms with Crippen molar-refractivity contribution >= 4 is 0 Å². The summed E-state index contributed by atoms with van der Waals surface area (Å²) < 4.78 is 11.0. The second-order valence-electron chi connectivity index (χ2n) is 5.28. The van der Waals surface area contributed by atoms with E-state index >= 15 is 0 Å². The zero-order valence-electron chi connectivity index (χ0n) is 12.5. The van der Waals surface area contributed by atoms with Crippen LogP contribution in [-0.2, 0) is 6.54 Å². The SMILES string of the molecule is Cc1cc(OCCNCc2ccco2)ccc1C(C)C. The number of rotatable bonds is 7. The molecule has 0 saturated carbocycles. The summed E-state index contributed by atoms with van der Waals surface area (Å²) >= 11 is 0. The zero-order chi connectivity index (χ0) is 14.4. The van der Waals surface area contributed by atoms with Crippen LogP contribution in [0.1, 0.15) is 36.7 Å². The summed E-state index contributed by atoms with van der Waals surface area (Å²) in [7, 11) is 0. The van der Waals surface area contributed by atoms with Gasteiger partial charge in [-0.3, -0.25) is 0 Å². The number of nitrogens with one attached hydrogen (secondary N) is 1. The van der Waals surface area contributed by atoms with Crippen LogP contribution in [0.25, 0.3) is 0 Å². The van der Waals surface area contributed by atoms with Gasteiger partial charge in [0, 0.05) is 6.54 Å². The van der Waals surface area contributed by atoms with Crippen molar-refractivity contribution < 1.29 is 9.15 Å². The fraction of sp³-hybridized carbons (Fsp3) is 0.412. The normalized spacial score (nSPS) is 11.0. The molecule has 0 spiro atoms. The van der Waals surface area contributed by atoms with E-state index in [1.165, 1.54) is 11.1 Å². The second-order valence-corrected chi connectivity index (χ2v) is 5.28. The van der Waals surface area contributed by atoms with Gasteiger partial charge in [-0.1, -0.05) is 19.9 Å². The van der Waals surface area contributed by atoms with Gasteiger partial charge in [0.25, 0.3) is 0 Å². The van der Waals surface area contributed by atoms with Crippen LogP contribution in [0.2, 0.25) is 0 Å². The Morgan fingerprint density at radius 1 is 1.25 bits per heavy atom. The van der Waals surface area contributed by atoms with E-state index in [2.05, 4.69) is 44.3 Å². The molecule has 0 atom stereocenters. The summed E-state index contributed by atoms with van der Waals surface area (Å²) in [6, 6.07) is 10.2. The van der Waals surface area contributed by atoms with E-state index < -0.39 is 0 Å². The Morgan fingerprint density at radius 3 is 2.75 bits per heavy atom. The van der Waals surface area contributed by atoms with Gasteiger partial charge in [0.2, 0.25) is 0 Å². The molecule has 1 N–H and O–H groups in total. The highest BCUT2D eigenvalue weighted by molar-refractivity contribution is 5.36. The van der Waals surface area contributed by atoms with E-state index in [0.717, 1.165) is 24.6 Å². The van der Waals surface area contributed by atoms with Crippen LogP contribution < -0.4 is 10.1 Å². The minimum atomic E-state index is 0.555. The Labute approximate surface area is 121 Å². The Bertz CT molecular complexity index is 518. The Hall–Kier alpha value is -1.74. The molecule has 0 saturated heterocycles. The summed E-state index contributed by atoms with van der Waals surface area (Å²) in [4.78, 5) is 0. The molecule has 0 bridgehead atoms. The molecule has 0 fully saturated rings. The molecular weight excluding hydrogens is 250 g/mol. The summed E-state index contributed by atoms with van der Waals surface area (Å²) in [6.45, 7) is 8.74. The van der Waals surface area contributed by atoms with Crippen LogP contribution in [-0.4, -0.2) is 13.2 Å². The van der Waals surface area contributed by atoms with Gasteiger partial charge in [0.15, 0.2) is 0 Å². The van der Waals surface area contributed by atoms with Gasteiger partial charge in [-0.05, 0) is 48.2 Å². The fourth-order valence-corrected chi connectivity index (χ4v) is 2.25. The summed E-state index contributed by atoms with van der Waals surface area (Å²) in [5.41, 5.74) is 2.68. The molecular formula is C17H23NO2. The van der Waals surface area contributed by atoms with Crippen molar-refractivity contribution in [2.45, 2.75) is 33.2 Å². The largest absolute Gasteiger partial charge is 0.492 e. The van der Waals surface area contributed by atoms with Gasteiger partial charge in [-0.15, -0.1) is 0 Å². The number of hydrogen-bond donors (Lipinski definition) is 1. The standard InChI is InChI=1S/C17H23NO2/c1-13(2)17-7-6-15(11-14(17)3)20-10-8-18-12-16-5-4-9-19-16/h4-7,9,11,13,18H,8,10,12H2,1-3H3. The van der Waals surface area contributed by atoms with Crippen LogP contribution in [0.5, 0.6) is 5.75 Å². The first-order valence-corrected chi connectivity index (χ1v) is 7.13. The third-order valence-corrected chi connectivity index (χ3v) is 3.29. The molecule has 3 nitrogen and oxygen atoms in total. The van der Waals surface area contributed by atoms with Crippen molar-refractivity contribution in [2.75, 3.05) is 13.2 Å². The van der Waals surface area contributed by atoms with Crippen LogP contribution in [0, 0.1) is 6.92 Å². The van der Waals surface area contributed by atoms with Crippen molar-refractivity contribution in [1.29, 1.82) is 0 Å². The number of hydrogen-bond acceptors (Lipinski definition) is 3. The Balaban J connectivity index is 1.72. The molecule has 20 heavy (non-hydrogen) atoms. The van der Waals surface area contributed by atoms with Gasteiger partial charge in [-0.25, -0.2) is 0 Å². The zero-order valence-corrected chi connectivity index (χ0v) is 12.5. The summed E-state index contributed by atoms with van der Waals surface area (Å²) in [6.07, 6.45) is 1.69. The number of aryl methyl sites for hydroxylation is 1. The average Bonchev–Trinajstić information content (AvgIpc) is 2.91. The van der Waals surface area contributed by atoms with E-state index in [4.69, 9.17) is 9.15 Å². The first kappa shape index (κ1) is 14.7. The van der Waals surface area contributed by atoms with Gasteiger partial charge < -0.3 is 14.5 Å². The highest BCUT2D eigenvalue weighted by Gasteiger charge is 2.04.